The first kappa shape index (κ1) is 19.6. The molecule has 0 bridgehead atoms. The summed E-state index contributed by atoms with van der Waals surface area (Å²) in [5, 5.41) is 16.7. The first-order chi connectivity index (χ1) is 12.8. The van der Waals surface area contributed by atoms with Crippen LogP contribution < -0.4 is 10.0 Å². The molecular formula is C17H20ClN5O3S. The average molecular weight is 410 g/mol. The monoisotopic (exact) mass is 409 g/mol. The summed E-state index contributed by atoms with van der Waals surface area (Å²) in [6.07, 6.45) is 1.76. The summed E-state index contributed by atoms with van der Waals surface area (Å²) in [5.74, 6) is 0.864. The van der Waals surface area contributed by atoms with E-state index in [2.05, 4.69) is 34.0 Å². The molecule has 8 nitrogen and oxygen atoms in total. The van der Waals surface area contributed by atoms with Gasteiger partial charge in [-0.25, -0.2) is 18.1 Å². The first-order valence-corrected chi connectivity index (χ1v) is 10.2. The number of benzene rings is 1. The van der Waals surface area contributed by atoms with Crippen LogP contribution in [0.3, 0.4) is 0 Å². The van der Waals surface area contributed by atoms with Gasteiger partial charge in [0.2, 0.25) is 10.0 Å². The lowest BCUT2D eigenvalue weighted by molar-refractivity contribution is 0.301. The molecule has 0 saturated carbocycles. The maximum absolute atomic E-state index is 12.1. The van der Waals surface area contributed by atoms with Crippen molar-refractivity contribution in [3.8, 4) is 0 Å². The molecule has 27 heavy (non-hydrogen) atoms. The number of nitrogens with one attached hydrogen (secondary N) is 2. The molecule has 0 amide bonds. The van der Waals surface area contributed by atoms with Crippen molar-refractivity contribution >= 4 is 38.8 Å². The third-order valence-electron chi connectivity index (χ3n) is 3.93. The molecule has 0 spiro atoms. The average Bonchev–Trinajstić information content (AvgIpc) is 3.04. The summed E-state index contributed by atoms with van der Waals surface area (Å²) in [5.41, 5.74) is 2.32. The van der Waals surface area contributed by atoms with Gasteiger partial charge in [-0.1, -0.05) is 25.4 Å². The van der Waals surface area contributed by atoms with E-state index < -0.39 is 10.0 Å². The molecule has 0 aliphatic carbocycles. The van der Waals surface area contributed by atoms with Crippen molar-refractivity contribution in [3.63, 3.8) is 0 Å². The lowest BCUT2D eigenvalue weighted by Crippen LogP contribution is -2.26. The minimum absolute atomic E-state index is 0.0344. The number of aromatic nitrogens is 3. The number of hydrogen-bond donors (Lipinski definition) is 3. The number of rotatable bonds is 7. The molecule has 0 radical (unpaired) electrons. The van der Waals surface area contributed by atoms with Crippen LogP contribution in [0, 0.1) is 0 Å². The fourth-order valence-electron chi connectivity index (χ4n) is 2.58. The topological polar surface area (TPSA) is 109 Å². The summed E-state index contributed by atoms with van der Waals surface area (Å²) in [4.78, 5) is 4.46. The Balaban J connectivity index is 1.90. The maximum atomic E-state index is 12.1. The standard InChI is InChI=1S/C17H20ClN5O3S/c1-11(2)14-10-19-23-16(9-15(18)22-17(14)23)21-12-3-5-13(6-4-12)27(25,26)20-7-8-24/h3-6,9-11,20-21,24H,7-8H2,1-2H3. The minimum atomic E-state index is -3.65. The molecular weight excluding hydrogens is 390 g/mol. The highest BCUT2D eigenvalue weighted by molar-refractivity contribution is 7.89. The molecule has 0 aliphatic rings. The highest BCUT2D eigenvalue weighted by Gasteiger charge is 2.15. The largest absolute Gasteiger partial charge is 0.395 e. The summed E-state index contributed by atoms with van der Waals surface area (Å²) in [6, 6.07) is 7.88. The maximum Gasteiger partial charge on any atom is 0.240 e. The summed E-state index contributed by atoms with van der Waals surface area (Å²) in [7, 11) is -3.65. The van der Waals surface area contributed by atoms with Crippen LogP contribution >= 0.6 is 11.6 Å². The Morgan fingerprint density at radius 2 is 1.96 bits per heavy atom. The lowest BCUT2D eigenvalue weighted by atomic mass is 10.1. The Morgan fingerprint density at radius 1 is 1.26 bits per heavy atom. The van der Waals surface area contributed by atoms with Crippen LogP contribution in [0.25, 0.3) is 5.65 Å². The Bertz CT molecular complexity index is 1050. The molecule has 3 rings (SSSR count). The van der Waals surface area contributed by atoms with Gasteiger partial charge in [-0.05, 0) is 30.2 Å². The number of fused-ring (bicyclic) bond motifs is 1. The third kappa shape index (κ3) is 4.22. The Hall–Kier alpha value is -2.20. The zero-order chi connectivity index (χ0) is 19.6. The highest BCUT2D eigenvalue weighted by Crippen LogP contribution is 2.26. The molecule has 0 aliphatic heterocycles. The van der Waals surface area contributed by atoms with Crippen LogP contribution in [0.4, 0.5) is 11.5 Å². The van der Waals surface area contributed by atoms with Gasteiger partial charge < -0.3 is 10.4 Å². The van der Waals surface area contributed by atoms with Crippen molar-refractivity contribution in [2.75, 3.05) is 18.5 Å². The predicted octanol–water partition coefficient (Wildman–Crippen LogP) is 2.52. The molecule has 3 aromatic rings. The molecule has 2 heterocycles. The van der Waals surface area contributed by atoms with E-state index in [1.807, 2.05) is 0 Å². The number of nitrogens with zero attached hydrogens (tertiary/aromatic N) is 3. The molecule has 0 saturated heterocycles. The van der Waals surface area contributed by atoms with E-state index in [-0.39, 0.29) is 24.0 Å². The van der Waals surface area contributed by atoms with E-state index in [1.165, 1.54) is 12.1 Å². The Morgan fingerprint density at radius 3 is 2.59 bits per heavy atom. The van der Waals surface area contributed by atoms with Gasteiger partial charge in [-0.3, -0.25) is 0 Å². The third-order valence-corrected chi connectivity index (χ3v) is 5.60. The number of aliphatic hydroxyl groups excluding tert-OH is 1. The van der Waals surface area contributed by atoms with E-state index in [0.717, 1.165) is 5.56 Å². The van der Waals surface area contributed by atoms with Gasteiger partial charge in [0.05, 0.1) is 17.7 Å². The summed E-state index contributed by atoms with van der Waals surface area (Å²) >= 11 is 6.16. The SMILES string of the molecule is CC(C)c1cnn2c(Nc3ccc(S(=O)(=O)NCCO)cc3)cc(Cl)nc12. The molecule has 1 aromatic carbocycles. The van der Waals surface area contributed by atoms with Gasteiger partial charge in [0.15, 0.2) is 5.65 Å². The number of hydrogen-bond acceptors (Lipinski definition) is 6. The number of sulfonamides is 1. The van der Waals surface area contributed by atoms with E-state index in [0.29, 0.717) is 22.3 Å². The van der Waals surface area contributed by atoms with Gasteiger partial charge in [-0.2, -0.15) is 9.61 Å². The van der Waals surface area contributed by atoms with Gasteiger partial charge in [0.25, 0.3) is 0 Å². The minimum Gasteiger partial charge on any atom is -0.395 e. The highest BCUT2D eigenvalue weighted by atomic mass is 35.5. The van der Waals surface area contributed by atoms with Crippen molar-refractivity contribution < 1.29 is 13.5 Å². The molecule has 144 valence electrons. The van der Waals surface area contributed by atoms with Gasteiger partial charge >= 0.3 is 0 Å². The van der Waals surface area contributed by atoms with Crippen LogP contribution in [-0.4, -0.2) is 41.3 Å². The normalized spacial score (nSPS) is 12.0. The van der Waals surface area contributed by atoms with Crippen molar-refractivity contribution in [2.24, 2.45) is 0 Å². The quantitative estimate of drug-likeness (QED) is 0.517. The fraction of sp³-hybridized carbons (Fsp3) is 0.294. The van der Waals surface area contributed by atoms with E-state index >= 15 is 0 Å². The van der Waals surface area contributed by atoms with Crippen molar-refractivity contribution in [2.45, 2.75) is 24.7 Å². The lowest BCUT2D eigenvalue weighted by Gasteiger charge is -2.11. The van der Waals surface area contributed by atoms with E-state index in [9.17, 15) is 8.42 Å². The summed E-state index contributed by atoms with van der Waals surface area (Å²) in [6.45, 7) is 3.81. The molecule has 0 unspecified atom stereocenters. The second kappa shape index (κ2) is 7.81. The zero-order valence-corrected chi connectivity index (χ0v) is 16.4. The zero-order valence-electron chi connectivity index (χ0n) is 14.8. The van der Waals surface area contributed by atoms with Crippen molar-refractivity contribution in [3.05, 3.63) is 47.2 Å². The molecule has 0 fully saturated rings. The van der Waals surface area contributed by atoms with Gasteiger partial charge in [-0.15, -0.1) is 0 Å². The van der Waals surface area contributed by atoms with Crippen LogP contribution in [-0.2, 0) is 10.0 Å². The molecule has 10 heteroatoms. The Kier molecular flexibility index (Phi) is 5.66. The summed E-state index contributed by atoms with van der Waals surface area (Å²) < 4.78 is 28.1. The van der Waals surface area contributed by atoms with Crippen LogP contribution in [0.5, 0.6) is 0 Å². The molecule has 0 atom stereocenters. The number of anilines is 2. The first-order valence-electron chi connectivity index (χ1n) is 8.33. The van der Waals surface area contributed by atoms with Gasteiger partial charge in [0, 0.05) is 23.9 Å². The smallest absolute Gasteiger partial charge is 0.240 e. The van der Waals surface area contributed by atoms with Crippen molar-refractivity contribution in [1.29, 1.82) is 0 Å². The second-order valence-electron chi connectivity index (χ2n) is 6.22. The number of aliphatic hydroxyl groups is 1. The molecule has 2 aromatic heterocycles. The van der Waals surface area contributed by atoms with Crippen LogP contribution in [0.2, 0.25) is 5.15 Å². The number of halogens is 1. The van der Waals surface area contributed by atoms with Crippen molar-refractivity contribution in [1.82, 2.24) is 19.3 Å². The van der Waals surface area contributed by atoms with Gasteiger partial charge in [0.1, 0.15) is 11.0 Å². The fourth-order valence-corrected chi connectivity index (χ4v) is 3.78. The molecule has 3 N–H and O–H groups in total. The van der Waals surface area contributed by atoms with E-state index in [4.69, 9.17) is 16.7 Å². The van der Waals surface area contributed by atoms with E-state index in [1.54, 1.807) is 28.9 Å². The van der Waals surface area contributed by atoms with Crippen LogP contribution in [0.1, 0.15) is 25.3 Å². The predicted molar refractivity (Wildman–Crippen MR) is 104 cm³/mol. The Labute approximate surface area is 162 Å². The van der Waals surface area contributed by atoms with Crippen LogP contribution in [0.15, 0.2) is 41.4 Å². The second-order valence-corrected chi connectivity index (χ2v) is 8.38.